The molecule has 3 aliphatic rings. The molecule has 2 bridgehead atoms. The lowest BCUT2D eigenvalue weighted by Crippen LogP contribution is -2.66. The Balaban J connectivity index is 1.98. The molecule has 3 heterocycles. The molecule has 3 aliphatic heterocycles. The van der Waals surface area contributed by atoms with Gasteiger partial charge in [-0.05, 0) is 12.8 Å². The van der Waals surface area contributed by atoms with Crippen molar-refractivity contribution in [3.8, 4) is 0 Å². The Morgan fingerprint density at radius 1 is 1.62 bits per heavy atom. The van der Waals surface area contributed by atoms with Gasteiger partial charge in [-0.2, -0.15) is 0 Å². The van der Waals surface area contributed by atoms with Crippen LogP contribution in [0.4, 0.5) is 0 Å². The highest BCUT2D eigenvalue weighted by Gasteiger charge is 2.46. The maximum absolute atomic E-state index is 11.7. The van der Waals surface area contributed by atoms with Crippen molar-refractivity contribution in [1.82, 2.24) is 4.90 Å². The number of halogens is 1. The Morgan fingerprint density at radius 2 is 2.23 bits per heavy atom. The maximum Gasteiger partial charge on any atom is 0.241 e. The second kappa shape index (κ2) is 3.46. The fourth-order valence-corrected chi connectivity index (χ4v) is 2.15. The number of fused-ring (bicyclic) bond motifs is 2. The van der Waals surface area contributed by atoms with Gasteiger partial charge in [-0.1, -0.05) is 6.92 Å². The minimum atomic E-state index is -0.344. The molecule has 13 heavy (non-hydrogen) atoms. The lowest BCUT2D eigenvalue weighted by molar-refractivity contribution is -0.167. The van der Waals surface area contributed by atoms with Gasteiger partial charge in [-0.15, -0.1) is 11.6 Å². The van der Waals surface area contributed by atoms with Gasteiger partial charge in [0, 0.05) is 0 Å². The molecular weight excluding hydrogens is 190 g/mol. The molecule has 74 valence electrons. The van der Waals surface area contributed by atoms with Gasteiger partial charge in [0.25, 0.3) is 0 Å². The molecule has 3 saturated heterocycles. The molecule has 0 radical (unpaired) electrons. The van der Waals surface area contributed by atoms with Crippen LogP contribution in [0.1, 0.15) is 19.8 Å². The van der Waals surface area contributed by atoms with Crippen LogP contribution in [0.2, 0.25) is 0 Å². The fourth-order valence-electron chi connectivity index (χ4n) is 2.03. The zero-order valence-electron chi connectivity index (χ0n) is 7.70. The summed E-state index contributed by atoms with van der Waals surface area (Å²) in [4.78, 5) is 13.6. The highest BCUT2D eigenvalue weighted by molar-refractivity contribution is 6.30. The molecule has 0 aliphatic carbocycles. The van der Waals surface area contributed by atoms with Gasteiger partial charge in [0.15, 0.2) is 0 Å². The number of rotatable bonds is 2. The number of morpholine rings is 1. The number of amides is 1. The Labute approximate surface area is 83.0 Å². The predicted molar refractivity (Wildman–Crippen MR) is 49.8 cm³/mol. The summed E-state index contributed by atoms with van der Waals surface area (Å²) in [5.41, 5.74) is 0. The molecule has 0 spiro atoms. The van der Waals surface area contributed by atoms with Crippen molar-refractivity contribution < 1.29 is 9.53 Å². The van der Waals surface area contributed by atoms with E-state index in [0.29, 0.717) is 31.7 Å². The summed E-state index contributed by atoms with van der Waals surface area (Å²) in [6.45, 7) is 3.31. The second-order valence-corrected chi connectivity index (χ2v) is 4.23. The van der Waals surface area contributed by atoms with E-state index in [4.69, 9.17) is 16.3 Å². The van der Waals surface area contributed by atoms with Crippen LogP contribution < -0.4 is 0 Å². The Hall–Kier alpha value is -0.280. The fraction of sp³-hybridized carbons (Fsp3) is 0.889. The van der Waals surface area contributed by atoms with Crippen LogP contribution in [0.25, 0.3) is 0 Å². The zero-order valence-corrected chi connectivity index (χ0v) is 8.46. The predicted octanol–water partition coefficient (Wildman–Crippen LogP) is 1.00. The number of nitrogens with zero attached hydrogens (tertiary/aromatic N) is 1. The normalized spacial score (nSPS) is 33.8. The van der Waals surface area contributed by atoms with Crippen LogP contribution in [-0.2, 0) is 9.53 Å². The van der Waals surface area contributed by atoms with Crippen LogP contribution >= 0.6 is 11.6 Å². The topological polar surface area (TPSA) is 29.5 Å². The first-order chi connectivity index (χ1) is 6.24. The largest absolute Gasteiger partial charge is 0.377 e. The molecular formula is C9H14ClNO2. The Bertz CT molecular complexity index is 208. The van der Waals surface area contributed by atoms with E-state index < -0.39 is 0 Å². The number of carbonyl (C=O) groups is 1. The lowest BCUT2D eigenvalue weighted by atomic mass is 9.91. The number of hydrogen-bond acceptors (Lipinski definition) is 2. The van der Waals surface area contributed by atoms with Crippen molar-refractivity contribution in [3.63, 3.8) is 0 Å². The number of ether oxygens (including phenoxy) is 1. The molecule has 0 N–H and O–H groups in total. The van der Waals surface area contributed by atoms with Crippen molar-refractivity contribution in [2.24, 2.45) is 0 Å². The molecule has 3 nitrogen and oxygen atoms in total. The van der Waals surface area contributed by atoms with Gasteiger partial charge in [-0.25, -0.2) is 0 Å². The molecule has 4 heteroatoms. The molecule has 1 amide bonds. The monoisotopic (exact) mass is 203 g/mol. The van der Waals surface area contributed by atoms with E-state index in [1.54, 1.807) is 0 Å². The van der Waals surface area contributed by atoms with E-state index in [-0.39, 0.29) is 11.3 Å². The zero-order chi connectivity index (χ0) is 9.42. The standard InChI is InChI=1S/C9H14ClNO2/c1-2-8(10)9(12)11-6-3-7(11)5-13-4-6/h6-8H,2-5H2,1H3/t6-,7-,8-/m1/s1. The van der Waals surface area contributed by atoms with E-state index in [9.17, 15) is 4.79 Å². The summed E-state index contributed by atoms with van der Waals surface area (Å²) < 4.78 is 5.29. The summed E-state index contributed by atoms with van der Waals surface area (Å²) in [6.07, 6.45) is 1.80. The smallest absolute Gasteiger partial charge is 0.241 e. The van der Waals surface area contributed by atoms with Crippen LogP contribution in [0.5, 0.6) is 0 Å². The summed E-state index contributed by atoms with van der Waals surface area (Å²) >= 11 is 5.90. The third-order valence-corrected chi connectivity index (χ3v) is 3.33. The molecule has 0 unspecified atom stereocenters. The molecule has 0 saturated carbocycles. The van der Waals surface area contributed by atoms with Gasteiger partial charge in [0.05, 0.1) is 25.3 Å². The third kappa shape index (κ3) is 1.44. The van der Waals surface area contributed by atoms with E-state index in [1.807, 2.05) is 11.8 Å². The van der Waals surface area contributed by atoms with Gasteiger partial charge in [-0.3, -0.25) is 4.79 Å². The Kier molecular flexibility index (Phi) is 2.47. The SMILES string of the molecule is CC[C@@H](Cl)C(=O)N1[C@H]2COC[C@H]1C2. The second-order valence-electron chi connectivity index (χ2n) is 3.70. The van der Waals surface area contributed by atoms with Gasteiger partial charge in [0.2, 0.25) is 5.91 Å². The minimum absolute atomic E-state index is 0.0914. The van der Waals surface area contributed by atoms with Gasteiger partial charge in [0.1, 0.15) is 5.38 Å². The minimum Gasteiger partial charge on any atom is -0.377 e. The van der Waals surface area contributed by atoms with Crippen molar-refractivity contribution in [1.29, 1.82) is 0 Å². The first kappa shape index (κ1) is 9.28. The highest BCUT2D eigenvalue weighted by Crippen LogP contribution is 2.32. The molecule has 0 aromatic rings. The van der Waals surface area contributed by atoms with Crippen LogP contribution in [0.15, 0.2) is 0 Å². The number of hydrogen-bond donors (Lipinski definition) is 0. The van der Waals surface area contributed by atoms with Gasteiger partial charge >= 0.3 is 0 Å². The molecule has 3 rings (SSSR count). The van der Waals surface area contributed by atoms with Crippen molar-refractivity contribution in [3.05, 3.63) is 0 Å². The van der Waals surface area contributed by atoms with Gasteiger partial charge < -0.3 is 9.64 Å². The quantitative estimate of drug-likeness (QED) is 0.627. The van der Waals surface area contributed by atoms with Crippen molar-refractivity contribution in [2.75, 3.05) is 13.2 Å². The van der Waals surface area contributed by atoms with Crippen LogP contribution in [0.3, 0.4) is 0 Å². The third-order valence-electron chi connectivity index (χ3n) is 2.83. The van der Waals surface area contributed by atoms with Crippen molar-refractivity contribution in [2.45, 2.75) is 37.2 Å². The summed E-state index contributed by atoms with van der Waals surface area (Å²) in [5.74, 6) is 0.0914. The molecule has 0 aromatic carbocycles. The summed E-state index contributed by atoms with van der Waals surface area (Å²) in [5, 5.41) is -0.344. The molecule has 3 fully saturated rings. The number of alkyl halides is 1. The van der Waals surface area contributed by atoms with E-state index in [1.165, 1.54) is 0 Å². The number of carbonyl (C=O) groups excluding carboxylic acids is 1. The van der Waals surface area contributed by atoms with Crippen molar-refractivity contribution >= 4 is 17.5 Å². The molecule has 0 aromatic heterocycles. The average molecular weight is 204 g/mol. The molecule has 3 atom stereocenters. The average Bonchev–Trinajstić information content (AvgIpc) is 2.17. The highest BCUT2D eigenvalue weighted by atomic mass is 35.5. The first-order valence-corrected chi connectivity index (χ1v) is 5.21. The maximum atomic E-state index is 11.7. The van der Waals surface area contributed by atoms with E-state index >= 15 is 0 Å². The van der Waals surface area contributed by atoms with Crippen LogP contribution in [-0.4, -0.2) is 41.5 Å². The summed E-state index contributed by atoms with van der Waals surface area (Å²) in [7, 11) is 0. The Morgan fingerprint density at radius 3 is 2.69 bits per heavy atom. The van der Waals surface area contributed by atoms with E-state index in [2.05, 4.69) is 0 Å². The summed E-state index contributed by atoms with van der Waals surface area (Å²) in [6, 6.07) is 0.609. The lowest BCUT2D eigenvalue weighted by Gasteiger charge is -2.52. The van der Waals surface area contributed by atoms with E-state index in [0.717, 1.165) is 6.42 Å². The first-order valence-electron chi connectivity index (χ1n) is 4.78. The van der Waals surface area contributed by atoms with Crippen LogP contribution in [0, 0.1) is 0 Å².